The Morgan fingerprint density at radius 1 is 1.31 bits per heavy atom. The fourth-order valence-corrected chi connectivity index (χ4v) is 1.01. The summed E-state index contributed by atoms with van der Waals surface area (Å²) >= 11 is 0. The summed E-state index contributed by atoms with van der Waals surface area (Å²) in [7, 11) is 0. The summed E-state index contributed by atoms with van der Waals surface area (Å²) in [5.74, 6) is 0.798. The van der Waals surface area contributed by atoms with Crippen molar-refractivity contribution in [3.05, 3.63) is 29.8 Å². The highest BCUT2D eigenvalue weighted by molar-refractivity contribution is 5.77. The molecule has 0 aromatic heterocycles. The molecule has 0 amide bonds. The van der Waals surface area contributed by atoms with E-state index in [2.05, 4.69) is 6.92 Å². The highest BCUT2D eigenvalue weighted by atomic mass is 16.5. The third-order valence-corrected chi connectivity index (χ3v) is 1.77. The quantitative estimate of drug-likeness (QED) is 0.706. The van der Waals surface area contributed by atoms with Crippen LogP contribution in [-0.4, -0.2) is 12.4 Å². The molecule has 1 aromatic rings. The van der Waals surface area contributed by atoms with Gasteiger partial charge in [0.25, 0.3) is 0 Å². The smallest absolute Gasteiger partial charge is 0.167 e. The Hall–Kier alpha value is -1.31. The second-order valence-electron chi connectivity index (χ2n) is 2.99. The van der Waals surface area contributed by atoms with Gasteiger partial charge in [-0.05, 0) is 31.0 Å². The first-order valence-corrected chi connectivity index (χ1v) is 4.43. The lowest BCUT2D eigenvalue weighted by Gasteiger charge is -2.03. The van der Waals surface area contributed by atoms with E-state index in [4.69, 9.17) is 4.74 Å². The van der Waals surface area contributed by atoms with Crippen LogP contribution in [0.15, 0.2) is 24.3 Å². The molecule has 0 bridgehead atoms. The predicted octanol–water partition coefficient (Wildman–Crippen LogP) is 2.22. The van der Waals surface area contributed by atoms with Crippen LogP contribution in [0.5, 0.6) is 5.75 Å². The van der Waals surface area contributed by atoms with Crippen LogP contribution in [-0.2, 0) is 11.2 Å². The first-order chi connectivity index (χ1) is 6.22. The van der Waals surface area contributed by atoms with Crippen LogP contribution in [0, 0.1) is 0 Å². The minimum absolute atomic E-state index is 0.0413. The lowest BCUT2D eigenvalue weighted by Crippen LogP contribution is -2.06. The Kier molecular flexibility index (Phi) is 3.50. The maximum Gasteiger partial charge on any atom is 0.167 e. The van der Waals surface area contributed by atoms with Gasteiger partial charge in [-0.1, -0.05) is 19.1 Å². The maximum absolute atomic E-state index is 10.6. The standard InChI is InChI=1S/C11H14O2/c1-3-10-4-6-11(7-5-10)13-8-9(2)12/h4-7H,3,8H2,1-2H3. The number of Topliss-reactive ketones (excluding diaryl/α,β-unsaturated/α-hetero) is 1. The molecule has 13 heavy (non-hydrogen) atoms. The van der Waals surface area contributed by atoms with Gasteiger partial charge in [0, 0.05) is 0 Å². The van der Waals surface area contributed by atoms with Gasteiger partial charge in [0.15, 0.2) is 5.78 Å². The van der Waals surface area contributed by atoms with Crippen molar-refractivity contribution in [1.29, 1.82) is 0 Å². The highest BCUT2D eigenvalue weighted by Crippen LogP contribution is 2.12. The number of rotatable bonds is 4. The van der Waals surface area contributed by atoms with E-state index in [-0.39, 0.29) is 12.4 Å². The van der Waals surface area contributed by atoms with E-state index >= 15 is 0 Å². The second kappa shape index (κ2) is 4.65. The zero-order valence-electron chi connectivity index (χ0n) is 8.04. The number of ether oxygens (including phenoxy) is 1. The Balaban J connectivity index is 2.54. The van der Waals surface area contributed by atoms with Gasteiger partial charge < -0.3 is 4.74 Å². The summed E-state index contributed by atoms with van der Waals surface area (Å²) in [5, 5.41) is 0. The van der Waals surface area contributed by atoms with Crippen molar-refractivity contribution >= 4 is 5.78 Å². The third-order valence-electron chi connectivity index (χ3n) is 1.77. The number of benzene rings is 1. The van der Waals surface area contributed by atoms with E-state index in [1.165, 1.54) is 12.5 Å². The molecule has 0 aliphatic rings. The topological polar surface area (TPSA) is 26.3 Å². The maximum atomic E-state index is 10.6. The number of carbonyl (C=O) groups is 1. The van der Waals surface area contributed by atoms with Gasteiger partial charge >= 0.3 is 0 Å². The molecule has 0 saturated heterocycles. The fourth-order valence-electron chi connectivity index (χ4n) is 1.01. The minimum Gasteiger partial charge on any atom is -0.486 e. The SMILES string of the molecule is CCc1ccc(OCC(C)=O)cc1. The van der Waals surface area contributed by atoms with Crippen molar-refractivity contribution in [2.45, 2.75) is 20.3 Å². The van der Waals surface area contributed by atoms with E-state index in [1.54, 1.807) is 0 Å². The molecule has 0 aliphatic heterocycles. The molecule has 0 fully saturated rings. The van der Waals surface area contributed by atoms with Crippen molar-refractivity contribution < 1.29 is 9.53 Å². The summed E-state index contributed by atoms with van der Waals surface area (Å²) in [6, 6.07) is 7.80. The Bertz CT molecular complexity index is 275. The average Bonchev–Trinajstić information content (AvgIpc) is 2.15. The number of hydrogen-bond donors (Lipinski definition) is 0. The zero-order chi connectivity index (χ0) is 9.68. The molecule has 1 aromatic carbocycles. The summed E-state index contributed by atoms with van der Waals surface area (Å²) in [6.45, 7) is 3.78. The van der Waals surface area contributed by atoms with Crippen LogP contribution < -0.4 is 4.74 Å². The third kappa shape index (κ3) is 3.28. The van der Waals surface area contributed by atoms with Gasteiger partial charge in [-0.15, -0.1) is 0 Å². The van der Waals surface area contributed by atoms with Gasteiger partial charge in [0.05, 0.1) is 0 Å². The Labute approximate surface area is 78.5 Å². The first-order valence-electron chi connectivity index (χ1n) is 4.43. The minimum atomic E-state index is 0.0413. The molecular formula is C11H14O2. The summed E-state index contributed by atoms with van der Waals surface area (Å²) in [4.78, 5) is 10.6. The molecular weight excluding hydrogens is 164 g/mol. The molecule has 0 spiro atoms. The molecule has 2 nitrogen and oxygen atoms in total. The molecule has 70 valence electrons. The van der Waals surface area contributed by atoms with E-state index in [1.807, 2.05) is 24.3 Å². The molecule has 0 saturated carbocycles. The Morgan fingerprint density at radius 2 is 1.92 bits per heavy atom. The molecule has 1 rings (SSSR count). The van der Waals surface area contributed by atoms with Gasteiger partial charge in [-0.2, -0.15) is 0 Å². The van der Waals surface area contributed by atoms with Crippen molar-refractivity contribution in [3.63, 3.8) is 0 Å². The van der Waals surface area contributed by atoms with Crippen LogP contribution in [0.1, 0.15) is 19.4 Å². The van der Waals surface area contributed by atoms with E-state index in [0.29, 0.717) is 0 Å². The molecule has 0 radical (unpaired) electrons. The number of hydrogen-bond acceptors (Lipinski definition) is 2. The van der Waals surface area contributed by atoms with Crippen molar-refractivity contribution in [3.8, 4) is 5.75 Å². The number of ketones is 1. The average molecular weight is 178 g/mol. The normalized spacial score (nSPS) is 9.69. The lowest BCUT2D eigenvalue weighted by molar-refractivity contribution is -0.118. The van der Waals surface area contributed by atoms with Crippen LogP contribution in [0.4, 0.5) is 0 Å². The van der Waals surface area contributed by atoms with Gasteiger partial charge in [-0.25, -0.2) is 0 Å². The van der Waals surface area contributed by atoms with Gasteiger partial charge in [-0.3, -0.25) is 4.79 Å². The fraction of sp³-hybridized carbons (Fsp3) is 0.364. The molecule has 0 unspecified atom stereocenters. The molecule has 0 N–H and O–H groups in total. The van der Waals surface area contributed by atoms with Crippen LogP contribution in [0.3, 0.4) is 0 Å². The van der Waals surface area contributed by atoms with Gasteiger partial charge in [0.2, 0.25) is 0 Å². The molecule has 0 atom stereocenters. The van der Waals surface area contributed by atoms with Crippen LogP contribution in [0.25, 0.3) is 0 Å². The van der Waals surface area contributed by atoms with Crippen LogP contribution >= 0.6 is 0 Å². The summed E-state index contributed by atoms with van der Waals surface area (Å²) in [5.41, 5.74) is 1.27. The van der Waals surface area contributed by atoms with Crippen molar-refractivity contribution in [2.75, 3.05) is 6.61 Å². The molecule has 0 heterocycles. The summed E-state index contributed by atoms with van der Waals surface area (Å²) < 4.78 is 5.22. The van der Waals surface area contributed by atoms with Crippen molar-refractivity contribution in [1.82, 2.24) is 0 Å². The molecule has 0 aliphatic carbocycles. The predicted molar refractivity (Wildman–Crippen MR) is 52.0 cm³/mol. The Morgan fingerprint density at radius 3 is 2.38 bits per heavy atom. The molecule has 2 heteroatoms. The number of carbonyl (C=O) groups excluding carboxylic acids is 1. The second-order valence-corrected chi connectivity index (χ2v) is 2.99. The summed E-state index contributed by atoms with van der Waals surface area (Å²) in [6.07, 6.45) is 1.02. The monoisotopic (exact) mass is 178 g/mol. The van der Waals surface area contributed by atoms with E-state index in [9.17, 15) is 4.79 Å². The highest BCUT2D eigenvalue weighted by Gasteiger charge is 1.96. The number of aryl methyl sites for hydroxylation is 1. The lowest BCUT2D eigenvalue weighted by atomic mass is 10.2. The van der Waals surface area contributed by atoms with Crippen LogP contribution in [0.2, 0.25) is 0 Å². The van der Waals surface area contributed by atoms with E-state index in [0.717, 1.165) is 12.2 Å². The first kappa shape index (κ1) is 9.78. The largest absolute Gasteiger partial charge is 0.486 e. The van der Waals surface area contributed by atoms with Gasteiger partial charge in [0.1, 0.15) is 12.4 Å². The van der Waals surface area contributed by atoms with E-state index < -0.39 is 0 Å². The zero-order valence-corrected chi connectivity index (χ0v) is 8.04. The van der Waals surface area contributed by atoms with Crippen molar-refractivity contribution in [2.24, 2.45) is 0 Å².